The summed E-state index contributed by atoms with van der Waals surface area (Å²) in [6, 6.07) is -2.88. The number of Topliss-reactive ketones (excluding diaryl/α,β-unsaturated/α-hetero) is 1. The largest absolute Gasteiger partial charge is 0.363 e. The van der Waals surface area contributed by atoms with Crippen LogP contribution in [0.1, 0.15) is 67.2 Å². The summed E-state index contributed by atoms with van der Waals surface area (Å²) in [4.78, 5) is 64.9. The molecule has 1 heterocycles. The summed E-state index contributed by atoms with van der Waals surface area (Å²) < 4.78 is 0. The molecule has 0 aromatic carbocycles. The van der Waals surface area contributed by atoms with Crippen molar-refractivity contribution in [3.05, 3.63) is 0 Å². The van der Waals surface area contributed by atoms with Crippen LogP contribution in [-0.2, 0) is 19.2 Å². The molecule has 3 rings (SSSR count). The molecule has 2 saturated carbocycles. The monoisotopic (exact) mass is 477 g/mol. The van der Waals surface area contributed by atoms with Crippen molar-refractivity contribution in [2.75, 3.05) is 6.54 Å². The molecule has 10 nitrogen and oxygen atoms in total. The van der Waals surface area contributed by atoms with Crippen molar-refractivity contribution in [2.24, 2.45) is 28.4 Å². The Morgan fingerprint density at radius 3 is 2.21 bits per heavy atom. The van der Waals surface area contributed by atoms with Gasteiger partial charge in [0.15, 0.2) is 0 Å². The van der Waals surface area contributed by atoms with E-state index in [2.05, 4.69) is 29.8 Å². The maximum atomic E-state index is 13.7. The number of hydrogen-bond donors (Lipinski definition) is 4. The topological polar surface area (TPSA) is 151 Å². The van der Waals surface area contributed by atoms with Crippen LogP contribution in [0.2, 0.25) is 0 Å². The quantitative estimate of drug-likeness (QED) is 0.360. The van der Waals surface area contributed by atoms with E-state index in [9.17, 15) is 24.0 Å². The van der Waals surface area contributed by atoms with Crippen molar-refractivity contribution < 1.29 is 24.0 Å². The predicted octanol–water partition coefficient (Wildman–Crippen LogP) is 0.685. The molecule has 3 aliphatic rings. The van der Waals surface area contributed by atoms with E-state index in [0.717, 1.165) is 12.8 Å². The van der Waals surface area contributed by atoms with Gasteiger partial charge in [0.2, 0.25) is 17.6 Å². The van der Waals surface area contributed by atoms with E-state index >= 15 is 0 Å². The van der Waals surface area contributed by atoms with Crippen LogP contribution in [0, 0.1) is 22.7 Å². The van der Waals surface area contributed by atoms with Gasteiger partial charge in [0.25, 0.3) is 5.91 Å². The van der Waals surface area contributed by atoms with Crippen molar-refractivity contribution in [2.45, 2.75) is 91.4 Å². The number of carbonyl (C=O) groups excluding carboxylic acids is 5. The third kappa shape index (κ3) is 5.20. The highest BCUT2D eigenvalue weighted by Gasteiger charge is 2.69. The lowest BCUT2D eigenvalue weighted by Gasteiger charge is -2.37. The van der Waals surface area contributed by atoms with Crippen LogP contribution in [0.25, 0.3) is 0 Å². The molecule has 2 aliphatic carbocycles. The van der Waals surface area contributed by atoms with Crippen LogP contribution >= 0.6 is 0 Å². The summed E-state index contributed by atoms with van der Waals surface area (Å²) in [7, 11) is 0. The van der Waals surface area contributed by atoms with Crippen LogP contribution in [0.5, 0.6) is 0 Å². The van der Waals surface area contributed by atoms with Gasteiger partial charge in [-0.15, -0.1) is 0 Å². The first-order chi connectivity index (χ1) is 15.7. The number of rotatable bonds is 9. The Hall–Kier alpha value is -2.65. The lowest BCUT2D eigenvalue weighted by Crippen LogP contribution is -2.61. The smallest absolute Gasteiger partial charge is 0.315 e. The highest BCUT2D eigenvalue weighted by Crippen LogP contribution is 2.65. The van der Waals surface area contributed by atoms with Crippen molar-refractivity contribution >= 4 is 29.5 Å². The zero-order valence-corrected chi connectivity index (χ0v) is 21.1. The van der Waals surface area contributed by atoms with E-state index in [-0.39, 0.29) is 35.6 Å². The molecule has 5 atom stereocenters. The van der Waals surface area contributed by atoms with E-state index in [1.54, 1.807) is 4.90 Å². The second-order valence-corrected chi connectivity index (χ2v) is 11.7. The van der Waals surface area contributed by atoms with E-state index in [1.165, 1.54) is 0 Å². The molecule has 5 N–H and O–H groups in total. The summed E-state index contributed by atoms with van der Waals surface area (Å²) in [5.74, 6) is -2.65. The summed E-state index contributed by atoms with van der Waals surface area (Å²) in [6.07, 6.45) is 2.70. The molecule has 0 spiro atoms. The fourth-order valence-electron chi connectivity index (χ4n) is 5.20. The van der Waals surface area contributed by atoms with E-state index in [1.807, 2.05) is 27.7 Å². The Balaban J connectivity index is 1.81. The molecule has 10 heteroatoms. The van der Waals surface area contributed by atoms with Crippen LogP contribution in [0.4, 0.5) is 4.79 Å². The van der Waals surface area contributed by atoms with Gasteiger partial charge in [-0.1, -0.05) is 48.0 Å². The summed E-state index contributed by atoms with van der Waals surface area (Å²) >= 11 is 0. The molecule has 5 amide bonds. The molecule has 3 fully saturated rings. The minimum Gasteiger partial charge on any atom is -0.363 e. The second-order valence-electron chi connectivity index (χ2n) is 11.7. The van der Waals surface area contributed by atoms with Crippen molar-refractivity contribution in [3.8, 4) is 0 Å². The number of amides is 5. The molecule has 0 aromatic heterocycles. The number of nitrogens with one attached hydrogen (secondary N) is 3. The zero-order chi connectivity index (χ0) is 25.6. The Bertz CT molecular complexity index is 875. The first kappa shape index (κ1) is 26.0. The average Bonchev–Trinajstić information content (AvgIpc) is 3.56. The first-order valence-corrected chi connectivity index (χ1v) is 12.2. The number of primary amides is 1. The summed E-state index contributed by atoms with van der Waals surface area (Å²) in [5.41, 5.74) is 4.46. The lowest BCUT2D eigenvalue weighted by molar-refractivity contribution is -0.145. The first-order valence-electron chi connectivity index (χ1n) is 12.2. The molecule has 0 aromatic rings. The average molecular weight is 478 g/mol. The van der Waals surface area contributed by atoms with Crippen molar-refractivity contribution in [3.63, 3.8) is 0 Å². The van der Waals surface area contributed by atoms with Gasteiger partial charge < -0.3 is 26.6 Å². The number of nitrogens with zero attached hydrogens (tertiary/aromatic N) is 1. The standard InChI is InChI=1S/C24H39N5O5/c1-7-8-14(17(30)19(25)31)27-20(32)16-15-13(24(15,5)6)11-29(16)21(33)18(23(2,3)4)28-22(34)26-12-9-10-12/h12-16,18H,7-11H2,1-6H3,(H2,25,31)(H,27,32)(H2,26,28,34)/t13?,14?,15-,16-,18+/m0/s1. The van der Waals surface area contributed by atoms with Crippen LogP contribution in [-0.4, -0.2) is 65.1 Å². The highest BCUT2D eigenvalue weighted by molar-refractivity contribution is 6.37. The summed E-state index contributed by atoms with van der Waals surface area (Å²) in [6.45, 7) is 12.0. The van der Waals surface area contributed by atoms with Gasteiger partial charge in [-0.2, -0.15) is 0 Å². The van der Waals surface area contributed by atoms with Crippen LogP contribution < -0.4 is 21.7 Å². The molecule has 2 unspecified atom stereocenters. The minimum absolute atomic E-state index is 0.0664. The van der Waals surface area contributed by atoms with Crippen molar-refractivity contribution in [1.82, 2.24) is 20.9 Å². The van der Waals surface area contributed by atoms with Gasteiger partial charge in [0, 0.05) is 12.6 Å². The molecular weight excluding hydrogens is 438 g/mol. The minimum atomic E-state index is -1.10. The third-order valence-electron chi connectivity index (χ3n) is 7.51. The van der Waals surface area contributed by atoms with E-state index < -0.39 is 47.2 Å². The lowest BCUT2D eigenvalue weighted by atomic mass is 9.85. The normalized spacial score (nSPS) is 26.6. The summed E-state index contributed by atoms with van der Waals surface area (Å²) in [5, 5.41) is 8.36. The van der Waals surface area contributed by atoms with Crippen LogP contribution in [0.15, 0.2) is 0 Å². The number of fused-ring (bicyclic) bond motifs is 1. The maximum Gasteiger partial charge on any atom is 0.315 e. The number of likely N-dealkylation sites (tertiary alicyclic amines) is 1. The number of nitrogens with two attached hydrogens (primary N) is 1. The number of ketones is 1. The Labute approximate surface area is 201 Å². The SMILES string of the molecule is CCCC(NC(=O)[C@@H]1[C@@H]2C(CN1C(=O)[C@@H](NC(=O)NC1CC1)C(C)(C)C)C2(C)C)C(=O)C(N)=O. The van der Waals surface area contributed by atoms with Gasteiger partial charge in [-0.05, 0) is 41.9 Å². The Morgan fingerprint density at radius 2 is 1.71 bits per heavy atom. The molecule has 1 saturated heterocycles. The molecule has 1 aliphatic heterocycles. The van der Waals surface area contributed by atoms with Crippen molar-refractivity contribution in [1.29, 1.82) is 0 Å². The fraction of sp³-hybridized carbons (Fsp3) is 0.792. The zero-order valence-electron chi connectivity index (χ0n) is 21.1. The van der Waals surface area contributed by atoms with Gasteiger partial charge in [-0.3, -0.25) is 19.2 Å². The second kappa shape index (κ2) is 9.19. The van der Waals surface area contributed by atoms with E-state index in [4.69, 9.17) is 5.73 Å². The molecule has 190 valence electrons. The van der Waals surface area contributed by atoms with Gasteiger partial charge in [-0.25, -0.2) is 4.79 Å². The maximum absolute atomic E-state index is 13.7. The number of carbonyl (C=O) groups is 5. The molecule has 34 heavy (non-hydrogen) atoms. The third-order valence-corrected chi connectivity index (χ3v) is 7.51. The number of urea groups is 1. The molecule has 0 bridgehead atoms. The van der Waals surface area contributed by atoms with E-state index in [0.29, 0.717) is 13.0 Å². The van der Waals surface area contributed by atoms with Gasteiger partial charge in [0.1, 0.15) is 12.1 Å². The Kier molecular flexibility index (Phi) is 7.01. The number of piperidine rings is 1. The number of hydrogen-bond acceptors (Lipinski definition) is 5. The Morgan fingerprint density at radius 1 is 1.09 bits per heavy atom. The molecular formula is C24H39N5O5. The van der Waals surface area contributed by atoms with Crippen LogP contribution in [0.3, 0.4) is 0 Å². The van der Waals surface area contributed by atoms with Gasteiger partial charge >= 0.3 is 6.03 Å². The fourth-order valence-corrected chi connectivity index (χ4v) is 5.20. The molecule has 0 radical (unpaired) electrons. The highest BCUT2D eigenvalue weighted by atomic mass is 16.2. The van der Waals surface area contributed by atoms with Gasteiger partial charge in [0.05, 0.1) is 6.04 Å². The predicted molar refractivity (Wildman–Crippen MR) is 125 cm³/mol.